The number of rotatable bonds is 6. The lowest BCUT2D eigenvalue weighted by Crippen LogP contribution is -2.37. The van der Waals surface area contributed by atoms with Crippen LogP contribution in [0.2, 0.25) is 0 Å². The predicted molar refractivity (Wildman–Crippen MR) is 135 cm³/mol. The summed E-state index contributed by atoms with van der Waals surface area (Å²) in [6.07, 6.45) is -7.21. The van der Waals surface area contributed by atoms with Crippen molar-refractivity contribution in [2.24, 2.45) is 16.2 Å². The normalized spacial score (nSPS) is 26.5. The summed E-state index contributed by atoms with van der Waals surface area (Å²) in [7, 11) is -5.18. The largest absolute Gasteiger partial charge is 0.855 e. The smallest absolute Gasteiger partial charge is 0.420 e. The summed E-state index contributed by atoms with van der Waals surface area (Å²) in [6.45, 7) is 1.80. The Hall–Kier alpha value is -2.19. The second-order valence-electron chi connectivity index (χ2n) is 10.6. The van der Waals surface area contributed by atoms with Crippen LogP contribution in [0.3, 0.4) is 0 Å². The summed E-state index contributed by atoms with van der Waals surface area (Å²) in [5, 5.41) is 12.1. The van der Waals surface area contributed by atoms with Crippen LogP contribution in [0.25, 0.3) is 10.8 Å². The van der Waals surface area contributed by atoms with Gasteiger partial charge in [-0.3, -0.25) is 0 Å². The molecule has 2 aromatic carbocycles. The van der Waals surface area contributed by atoms with Gasteiger partial charge in [-0.15, -0.1) is 0 Å². The highest BCUT2D eigenvalue weighted by Gasteiger charge is 2.50. The Morgan fingerprint density at radius 3 is 2.20 bits per heavy atom. The molecule has 14 heteroatoms. The van der Waals surface area contributed by atoms with Crippen LogP contribution >= 0.6 is 0 Å². The quantitative estimate of drug-likeness (QED) is 0.188. The molecule has 220 valence electrons. The van der Waals surface area contributed by atoms with E-state index < -0.39 is 46.3 Å². The maximum atomic E-state index is 13.7. The number of ether oxygens (including phenoxy) is 1. The molecule has 5 rings (SSSR count). The van der Waals surface area contributed by atoms with Gasteiger partial charge in [-0.05, 0) is 81.0 Å². The molecule has 1 heterocycles. The molecule has 40 heavy (non-hydrogen) atoms. The SMILES string of the molecule is Cc1cc([S+]2CCCCC2)c2ccc(C(F)(F)F)cc2c1OC1CC2CC1CC2OS(=O)(=O)N=C([O-])C(F)(F)F. The molecule has 4 atom stereocenters. The molecule has 2 bridgehead atoms. The van der Waals surface area contributed by atoms with Gasteiger partial charge in [0.05, 0.1) is 17.6 Å². The van der Waals surface area contributed by atoms with E-state index in [1.165, 1.54) is 6.07 Å². The van der Waals surface area contributed by atoms with E-state index in [-0.39, 0.29) is 29.2 Å². The minimum atomic E-state index is -5.44. The third-order valence-corrected chi connectivity index (χ3v) is 11.2. The van der Waals surface area contributed by atoms with E-state index in [0.717, 1.165) is 53.2 Å². The standard InChI is InChI=1S/C26H27F6NO5S2/c1-14-9-22(39-7-3-2-4-8-39)18-6-5-17(25(27,28)29)13-19(18)23(14)37-20-11-16-10-15(20)12-21(16)38-40(35,36)33-24(34)26(30,31)32/h5-6,9,13,15-16,20-21H,2-4,7-8,10-12H2,1H3. The zero-order valence-electron chi connectivity index (χ0n) is 21.3. The first-order chi connectivity index (χ1) is 18.6. The Bertz CT molecular complexity index is 1420. The van der Waals surface area contributed by atoms with Gasteiger partial charge in [0.2, 0.25) is 0 Å². The maximum Gasteiger partial charge on any atom is 0.420 e. The van der Waals surface area contributed by atoms with Gasteiger partial charge in [-0.1, -0.05) is 0 Å². The van der Waals surface area contributed by atoms with E-state index in [2.05, 4.69) is 4.40 Å². The molecule has 1 aliphatic heterocycles. The lowest BCUT2D eigenvalue weighted by atomic mass is 9.95. The summed E-state index contributed by atoms with van der Waals surface area (Å²) in [4.78, 5) is 1.04. The maximum absolute atomic E-state index is 13.7. The molecule has 0 amide bonds. The van der Waals surface area contributed by atoms with Crippen molar-refractivity contribution in [2.75, 3.05) is 11.5 Å². The molecular formula is C26H27F6NO5S2. The van der Waals surface area contributed by atoms with Crippen LogP contribution in [0.1, 0.15) is 49.7 Å². The van der Waals surface area contributed by atoms with E-state index in [4.69, 9.17) is 8.92 Å². The Balaban J connectivity index is 1.39. The minimum absolute atomic E-state index is 0.0726. The number of halogens is 6. The van der Waals surface area contributed by atoms with Crippen molar-refractivity contribution >= 4 is 37.9 Å². The summed E-state index contributed by atoms with van der Waals surface area (Å²) in [6, 6.07) is 5.74. The topological polar surface area (TPSA) is 88.0 Å². The fourth-order valence-corrected chi connectivity index (χ4v) is 9.52. The zero-order chi connectivity index (χ0) is 29.0. The van der Waals surface area contributed by atoms with Crippen LogP contribution < -0.4 is 9.84 Å². The fraction of sp³-hybridized carbons (Fsp3) is 0.577. The lowest BCUT2D eigenvalue weighted by molar-refractivity contribution is -0.262. The number of benzene rings is 2. The van der Waals surface area contributed by atoms with Crippen molar-refractivity contribution in [3.63, 3.8) is 0 Å². The highest BCUT2D eigenvalue weighted by molar-refractivity contribution is 7.97. The minimum Gasteiger partial charge on any atom is -0.855 e. The summed E-state index contributed by atoms with van der Waals surface area (Å²) in [5.41, 5.74) is -0.0698. The lowest BCUT2D eigenvalue weighted by Gasteiger charge is -2.29. The first-order valence-electron chi connectivity index (χ1n) is 12.9. The van der Waals surface area contributed by atoms with Crippen LogP contribution in [-0.2, 0) is 31.6 Å². The average Bonchev–Trinajstić information content (AvgIpc) is 3.44. The number of nitrogens with zero attached hydrogens (tertiary/aromatic N) is 1. The van der Waals surface area contributed by atoms with Crippen molar-refractivity contribution in [3.8, 4) is 5.75 Å². The van der Waals surface area contributed by atoms with Gasteiger partial charge in [0.15, 0.2) is 4.90 Å². The number of aryl methyl sites for hydroxylation is 1. The molecule has 2 saturated carbocycles. The first-order valence-corrected chi connectivity index (χ1v) is 15.8. The Kier molecular flexibility index (Phi) is 7.75. The average molecular weight is 612 g/mol. The Morgan fingerprint density at radius 1 is 0.950 bits per heavy atom. The van der Waals surface area contributed by atoms with E-state index in [1.807, 2.05) is 6.07 Å². The van der Waals surface area contributed by atoms with Crippen molar-refractivity contribution in [1.29, 1.82) is 0 Å². The highest BCUT2D eigenvalue weighted by atomic mass is 32.2. The molecule has 0 spiro atoms. The molecular weight excluding hydrogens is 584 g/mol. The van der Waals surface area contributed by atoms with Crippen molar-refractivity contribution in [1.82, 2.24) is 0 Å². The number of hydrogen-bond acceptors (Lipinski definition) is 5. The zero-order valence-corrected chi connectivity index (χ0v) is 23.0. The van der Waals surface area contributed by atoms with Crippen molar-refractivity contribution in [3.05, 3.63) is 35.4 Å². The van der Waals surface area contributed by atoms with E-state index in [1.54, 1.807) is 6.92 Å². The van der Waals surface area contributed by atoms with Crippen LogP contribution in [-0.4, -0.2) is 44.2 Å². The van der Waals surface area contributed by atoms with Gasteiger partial charge < -0.3 is 9.84 Å². The molecule has 2 aromatic rings. The molecule has 3 fully saturated rings. The van der Waals surface area contributed by atoms with E-state index in [0.29, 0.717) is 29.5 Å². The van der Waals surface area contributed by atoms with Gasteiger partial charge in [0, 0.05) is 27.7 Å². The summed E-state index contributed by atoms with van der Waals surface area (Å²) >= 11 is 0. The summed E-state index contributed by atoms with van der Waals surface area (Å²) < 4.78 is 115. The molecule has 0 radical (unpaired) electrons. The van der Waals surface area contributed by atoms with Crippen molar-refractivity contribution in [2.45, 2.75) is 74.9 Å². The van der Waals surface area contributed by atoms with E-state index in [9.17, 15) is 39.9 Å². The van der Waals surface area contributed by atoms with Gasteiger partial charge in [-0.2, -0.15) is 39.2 Å². The Labute approximate surface area is 230 Å². The molecule has 2 aliphatic carbocycles. The monoisotopic (exact) mass is 611 g/mol. The summed E-state index contributed by atoms with van der Waals surface area (Å²) in [5.74, 6) is -1.06. The molecule has 3 aliphatic rings. The van der Waals surface area contributed by atoms with Gasteiger partial charge in [-0.25, -0.2) is 4.18 Å². The van der Waals surface area contributed by atoms with Crippen LogP contribution in [0.5, 0.6) is 5.75 Å². The highest BCUT2D eigenvalue weighted by Crippen LogP contribution is 2.49. The number of fused-ring (bicyclic) bond motifs is 3. The Morgan fingerprint density at radius 2 is 1.60 bits per heavy atom. The predicted octanol–water partition coefficient (Wildman–Crippen LogP) is 5.46. The number of alkyl halides is 6. The molecule has 0 aromatic heterocycles. The second kappa shape index (κ2) is 10.6. The van der Waals surface area contributed by atoms with Crippen LogP contribution in [0.15, 0.2) is 33.6 Å². The second-order valence-corrected chi connectivity index (χ2v) is 14.1. The van der Waals surface area contributed by atoms with Crippen LogP contribution in [0.4, 0.5) is 26.3 Å². The molecule has 0 N–H and O–H groups in total. The molecule has 4 unspecified atom stereocenters. The van der Waals surface area contributed by atoms with E-state index >= 15 is 0 Å². The van der Waals surface area contributed by atoms with Crippen LogP contribution in [0, 0.1) is 18.8 Å². The number of hydrogen-bond donors (Lipinski definition) is 0. The molecule has 1 saturated heterocycles. The molecule has 6 nitrogen and oxygen atoms in total. The van der Waals surface area contributed by atoms with Gasteiger partial charge >= 0.3 is 22.7 Å². The third kappa shape index (κ3) is 6.03. The van der Waals surface area contributed by atoms with Crippen molar-refractivity contribution < 1.29 is 48.8 Å². The van der Waals surface area contributed by atoms with Gasteiger partial charge in [0.1, 0.15) is 23.4 Å². The van der Waals surface area contributed by atoms with Gasteiger partial charge in [0.25, 0.3) is 0 Å². The first kappa shape index (κ1) is 29.3. The fourth-order valence-electron chi connectivity index (χ4n) is 6.04. The third-order valence-electron chi connectivity index (χ3n) is 7.83.